The van der Waals surface area contributed by atoms with Crippen molar-refractivity contribution in [1.29, 1.82) is 5.26 Å². The summed E-state index contributed by atoms with van der Waals surface area (Å²) in [6.45, 7) is 8.44. The van der Waals surface area contributed by atoms with Crippen LogP contribution in [0.3, 0.4) is 0 Å². The molecule has 1 aliphatic heterocycles. The Bertz CT molecular complexity index is 864. The highest BCUT2D eigenvalue weighted by molar-refractivity contribution is 7.86. The lowest BCUT2D eigenvalue weighted by molar-refractivity contribution is 0.686. The molecular weight excluding hydrogens is 330 g/mol. The van der Waals surface area contributed by atoms with E-state index in [0.717, 1.165) is 29.9 Å². The number of nitrogens with zero attached hydrogens (tertiary/aromatic N) is 2. The third-order valence-corrected chi connectivity index (χ3v) is 5.80. The Hall–Kier alpha value is -2.32. The molecule has 1 fully saturated rings. The topological polar surface area (TPSA) is 56.1 Å². The molecule has 2 aromatic rings. The lowest BCUT2D eigenvalue weighted by Crippen LogP contribution is -2.21. The highest BCUT2D eigenvalue weighted by Crippen LogP contribution is 2.35. The Morgan fingerprint density at radius 2 is 1.84 bits per heavy atom. The fraction of sp³-hybridized carbons (Fsp3) is 0.350. The Morgan fingerprint density at radius 1 is 1.12 bits per heavy atom. The molecule has 0 saturated carbocycles. The van der Waals surface area contributed by atoms with Crippen LogP contribution in [-0.2, 0) is 11.0 Å². The van der Waals surface area contributed by atoms with Crippen LogP contribution in [0.1, 0.15) is 35.1 Å². The molecule has 4 nitrogen and oxygen atoms in total. The lowest BCUT2D eigenvalue weighted by Gasteiger charge is -2.26. The van der Waals surface area contributed by atoms with E-state index >= 15 is 0 Å². The van der Waals surface area contributed by atoms with E-state index in [0.29, 0.717) is 10.5 Å². The average molecular weight is 353 g/mol. The fourth-order valence-electron chi connectivity index (χ4n) is 3.59. The number of aryl methyl sites for hydroxylation is 2. The first-order valence-electron chi connectivity index (χ1n) is 8.55. The van der Waals surface area contributed by atoms with Crippen LogP contribution in [0.15, 0.2) is 35.2 Å². The molecular formula is C20H23N3OS. The predicted molar refractivity (Wildman–Crippen MR) is 103 cm³/mol. The Labute approximate surface area is 152 Å². The molecule has 5 heteroatoms. The first kappa shape index (κ1) is 17.5. The summed E-state index contributed by atoms with van der Waals surface area (Å²) in [6, 6.07) is 11.2. The largest absolute Gasteiger partial charge is 0.371 e. The fourth-order valence-corrected chi connectivity index (χ4v) is 4.65. The molecule has 1 aliphatic rings. The Balaban J connectivity index is 1.95. The molecule has 0 spiro atoms. The van der Waals surface area contributed by atoms with Gasteiger partial charge in [-0.3, -0.25) is 0 Å². The van der Waals surface area contributed by atoms with Gasteiger partial charge in [0.2, 0.25) is 0 Å². The van der Waals surface area contributed by atoms with E-state index in [4.69, 9.17) is 5.26 Å². The van der Waals surface area contributed by atoms with Crippen molar-refractivity contribution in [2.24, 2.45) is 0 Å². The summed E-state index contributed by atoms with van der Waals surface area (Å²) in [5.74, 6) is 0. The number of benzene rings is 2. The third kappa shape index (κ3) is 3.54. The summed E-state index contributed by atoms with van der Waals surface area (Å²) in [7, 11) is -1.40. The maximum absolute atomic E-state index is 12.8. The molecule has 0 bridgehead atoms. The summed E-state index contributed by atoms with van der Waals surface area (Å²) in [5.41, 5.74) is 6.19. The van der Waals surface area contributed by atoms with Gasteiger partial charge in [-0.25, -0.2) is 4.21 Å². The first-order chi connectivity index (χ1) is 12.0. The van der Waals surface area contributed by atoms with E-state index in [1.165, 1.54) is 24.1 Å². The minimum absolute atomic E-state index is 0.516. The van der Waals surface area contributed by atoms with Gasteiger partial charge in [0.1, 0.15) is 11.0 Å². The van der Waals surface area contributed by atoms with E-state index in [1.54, 1.807) is 24.3 Å². The van der Waals surface area contributed by atoms with Gasteiger partial charge >= 0.3 is 0 Å². The molecule has 130 valence electrons. The van der Waals surface area contributed by atoms with E-state index in [-0.39, 0.29) is 0 Å². The molecule has 1 saturated heterocycles. The number of hydrogen-bond donors (Lipinski definition) is 1. The second-order valence-electron chi connectivity index (χ2n) is 6.56. The SMILES string of the molecule is Cc1cc(C)c(N2CCCC2)c(C)c1NS(=O)c1cccc(C#N)c1. The minimum Gasteiger partial charge on any atom is -0.371 e. The van der Waals surface area contributed by atoms with Crippen LogP contribution in [0.5, 0.6) is 0 Å². The maximum Gasteiger partial charge on any atom is 0.150 e. The highest BCUT2D eigenvalue weighted by Gasteiger charge is 2.20. The molecule has 25 heavy (non-hydrogen) atoms. The van der Waals surface area contributed by atoms with Gasteiger partial charge in [0.15, 0.2) is 0 Å². The van der Waals surface area contributed by atoms with E-state index < -0.39 is 11.0 Å². The van der Waals surface area contributed by atoms with Gasteiger partial charge in [0.05, 0.1) is 22.2 Å². The summed E-state index contributed by atoms with van der Waals surface area (Å²) in [5, 5.41) is 9.04. The van der Waals surface area contributed by atoms with Crippen molar-refractivity contribution < 1.29 is 4.21 Å². The van der Waals surface area contributed by atoms with Crippen LogP contribution in [0.4, 0.5) is 11.4 Å². The molecule has 0 aromatic heterocycles. The molecule has 1 atom stereocenters. The summed E-state index contributed by atoms with van der Waals surface area (Å²) in [4.78, 5) is 3.04. The van der Waals surface area contributed by atoms with E-state index in [2.05, 4.69) is 35.6 Å². The monoisotopic (exact) mass is 353 g/mol. The normalized spacial score (nSPS) is 15.0. The van der Waals surface area contributed by atoms with Gasteiger partial charge in [-0.05, 0) is 68.5 Å². The number of rotatable bonds is 4. The van der Waals surface area contributed by atoms with Crippen molar-refractivity contribution in [3.05, 3.63) is 52.6 Å². The minimum atomic E-state index is -1.40. The zero-order valence-corrected chi connectivity index (χ0v) is 15.7. The van der Waals surface area contributed by atoms with Crippen LogP contribution in [0.25, 0.3) is 0 Å². The average Bonchev–Trinajstić information content (AvgIpc) is 3.12. The van der Waals surface area contributed by atoms with Gasteiger partial charge in [0.25, 0.3) is 0 Å². The lowest BCUT2D eigenvalue weighted by atomic mass is 10.0. The number of nitrogens with one attached hydrogen (secondary N) is 1. The van der Waals surface area contributed by atoms with Crippen molar-refractivity contribution in [1.82, 2.24) is 0 Å². The van der Waals surface area contributed by atoms with Gasteiger partial charge in [0, 0.05) is 18.8 Å². The Morgan fingerprint density at radius 3 is 2.52 bits per heavy atom. The molecule has 3 rings (SSSR count). The second-order valence-corrected chi connectivity index (χ2v) is 7.78. The van der Waals surface area contributed by atoms with Crippen molar-refractivity contribution in [3.63, 3.8) is 0 Å². The van der Waals surface area contributed by atoms with Crippen molar-refractivity contribution in [2.75, 3.05) is 22.7 Å². The zero-order chi connectivity index (χ0) is 18.0. The smallest absolute Gasteiger partial charge is 0.150 e. The van der Waals surface area contributed by atoms with Gasteiger partial charge in [-0.15, -0.1) is 0 Å². The van der Waals surface area contributed by atoms with Crippen LogP contribution in [0.2, 0.25) is 0 Å². The summed E-state index contributed by atoms with van der Waals surface area (Å²) >= 11 is 0. The van der Waals surface area contributed by atoms with E-state index in [9.17, 15) is 4.21 Å². The van der Waals surface area contributed by atoms with E-state index in [1.807, 2.05) is 6.92 Å². The van der Waals surface area contributed by atoms with Crippen LogP contribution in [0, 0.1) is 32.1 Å². The van der Waals surface area contributed by atoms with Crippen molar-refractivity contribution >= 4 is 22.4 Å². The maximum atomic E-state index is 12.8. The van der Waals surface area contributed by atoms with Crippen molar-refractivity contribution in [2.45, 2.75) is 38.5 Å². The number of hydrogen-bond acceptors (Lipinski definition) is 3. The summed E-state index contributed by atoms with van der Waals surface area (Å²) in [6.07, 6.45) is 2.45. The second kappa shape index (κ2) is 7.28. The number of anilines is 2. The molecule has 2 aromatic carbocycles. The van der Waals surface area contributed by atoms with Gasteiger partial charge < -0.3 is 9.62 Å². The molecule has 1 unspecified atom stereocenters. The standard InChI is InChI=1S/C20H23N3OS/c1-14-11-15(2)20(23-9-4-5-10-23)16(3)19(14)22-25(24)18-8-6-7-17(12-18)13-21/h6-8,11-12,22H,4-5,9-10H2,1-3H3. The quantitative estimate of drug-likeness (QED) is 0.895. The van der Waals surface area contributed by atoms with Gasteiger partial charge in [-0.1, -0.05) is 12.1 Å². The van der Waals surface area contributed by atoms with Crippen LogP contribution >= 0.6 is 0 Å². The van der Waals surface area contributed by atoms with Crippen LogP contribution < -0.4 is 9.62 Å². The molecule has 1 N–H and O–H groups in total. The van der Waals surface area contributed by atoms with Crippen LogP contribution in [-0.4, -0.2) is 17.3 Å². The third-order valence-electron chi connectivity index (χ3n) is 4.73. The molecule has 1 heterocycles. The summed E-state index contributed by atoms with van der Waals surface area (Å²) < 4.78 is 16.0. The van der Waals surface area contributed by atoms with Gasteiger partial charge in [-0.2, -0.15) is 5.26 Å². The molecule has 0 amide bonds. The first-order valence-corrected chi connectivity index (χ1v) is 9.70. The molecule has 0 aliphatic carbocycles. The predicted octanol–water partition coefficient (Wildman–Crippen LogP) is 4.22. The molecule has 0 radical (unpaired) electrons. The highest BCUT2D eigenvalue weighted by atomic mass is 32.2. The Kier molecular flexibility index (Phi) is 5.10. The van der Waals surface area contributed by atoms with Crippen molar-refractivity contribution in [3.8, 4) is 6.07 Å². The zero-order valence-electron chi connectivity index (χ0n) is 14.9. The number of nitriles is 1.